The van der Waals surface area contributed by atoms with Crippen molar-refractivity contribution in [1.29, 1.82) is 0 Å². The van der Waals surface area contributed by atoms with Gasteiger partial charge in [0.15, 0.2) is 0 Å². The highest BCUT2D eigenvalue weighted by molar-refractivity contribution is 9.10. The minimum Gasteiger partial charge on any atom is -0.317 e. The van der Waals surface area contributed by atoms with Gasteiger partial charge in [0.1, 0.15) is 0 Å². The second-order valence-electron chi connectivity index (χ2n) is 2.28. The third-order valence-electron chi connectivity index (χ3n) is 1.28. The molecule has 0 aliphatic carbocycles. The Labute approximate surface area is 67.6 Å². The molecule has 0 saturated carbocycles. The van der Waals surface area contributed by atoms with Crippen LogP contribution < -0.4 is 5.56 Å². The van der Waals surface area contributed by atoms with E-state index in [2.05, 4.69) is 15.9 Å². The fourth-order valence-electron chi connectivity index (χ4n) is 0.831. The van der Waals surface area contributed by atoms with Crippen molar-refractivity contribution in [2.45, 2.75) is 6.92 Å². The van der Waals surface area contributed by atoms with Crippen LogP contribution in [0.4, 0.5) is 0 Å². The fourth-order valence-corrected chi connectivity index (χ4v) is 1.47. The number of pyridine rings is 1. The van der Waals surface area contributed by atoms with Crippen LogP contribution in [0.3, 0.4) is 0 Å². The molecular weight excluding hydrogens is 194 g/mol. The molecule has 1 aromatic rings. The minimum absolute atomic E-state index is 0.00519. The summed E-state index contributed by atoms with van der Waals surface area (Å²) in [6, 6.07) is 1.81. The molecule has 0 aliphatic heterocycles. The van der Waals surface area contributed by atoms with Gasteiger partial charge in [0.05, 0.1) is 4.47 Å². The van der Waals surface area contributed by atoms with Crippen LogP contribution in [0.25, 0.3) is 0 Å². The normalized spacial score (nSPS) is 9.90. The van der Waals surface area contributed by atoms with Gasteiger partial charge in [-0.05, 0) is 34.5 Å². The molecule has 0 bridgehead atoms. The van der Waals surface area contributed by atoms with E-state index in [-0.39, 0.29) is 5.56 Å². The Morgan fingerprint density at radius 1 is 1.60 bits per heavy atom. The predicted molar refractivity (Wildman–Crippen MR) is 44.1 cm³/mol. The second-order valence-corrected chi connectivity index (χ2v) is 3.14. The molecule has 0 atom stereocenters. The molecule has 0 saturated heterocycles. The topological polar surface area (TPSA) is 22.0 Å². The molecule has 10 heavy (non-hydrogen) atoms. The average Bonchev–Trinajstić information content (AvgIpc) is 1.82. The quantitative estimate of drug-likeness (QED) is 0.624. The van der Waals surface area contributed by atoms with Gasteiger partial charge in [-0.15, -0.1) is 0 Å². The van der Waals surface area contributed by atoms with Crippen molar-refractivity contribution < 1.29 is 0 Å². The number of halogens is 1. The molecule has 0 N–H and O–H groups in total. The van der Waals surface area contributed by atoms with E-state index >= 15 is 0 Å². The summed E-state index contributed by atoms with van der Waals surface area (Å²) in [6.07, 6.45) is 1.80. The molecule has 1 heterocycles. The van der Waals surface area contributed by atoms with Crippen LogP contribution in [0.1, 0.15) is 5.56 Å². The molecule has 0 fully saturated rings. The van der Waals surface area contributed by atoms with E-state index in [9.17, 15) is 4.79 Å². The van der Waals surface area contributed by atoms with Crippen molar-refractivity contribution in [3.8, 4) is 0 Å². The zero-order valence-electron chi connectivity index (χ0n) is 5.89. The standard InChI is InChI=1S/C7H8BrNO/c1-5-3-6(8)7(10)9(2)4-5/h3-4H,1-2H3. The van der Waals surface area contributed by atoms with Crippen molar-refractivity contribution in [3.05, 3.63) is 32.7 Å². The van der Waals surface area contributed by atoms with Crippen LogP contribution in [-0.2, 0) is 7.05 Å². The molecule has 0 spiro atoms. The lowest BCUT2D eigenvalue weighted by Gasteiger charge is -1.98. The van der Waals surface area contributed by atoms with Crippen molar-refractivity contribution in [3.63, 3.8) is 0 Å². The summed E-state index contributed by atoms with van der Waals surface area (Å²) in [6.45, 7) is 1.95. The van der Waals surface area contributed by atoms with Gasteiger partial charge in [-0.2, -0.15) is 0 Å². The average molecular weight is 202 g/mol. The summed E-state index contributed by atoms with van der Waals surface area (Å²) in [5.74, 6) is 0. The Hall–Kier alpha value is -0.570. The van der Waals surface area contributed by atoms with Gasteiger partial charge in [0, 0.05) is 13.2 Å². The highest BCUT2D eigenvalue weighted by Crippen LogP contribution is 2.04. The molecule has 0 aliphatic rings. The first-order valence-electron chi connectivity index (χ1n) is 2.94. The highest BCUT2D eigenvalue weighted by Gasteiger charge is 1.96. The maximum atomic E-state index is 11.0. The van der Waals surface area contributed by atoms with Gasteiger partial charge in [-0.25, -0.2) is 0 Å². The van der Waals surface area contributed by atoms with Crippen LogP contribution in [0.15, 0.2) is 21.5 Å². The number of nitrogens with zero attached hydrogens (tertiary/aromatic N) is 1. The Morgan fingerprint density at radius 2 is 2.20 bits per heavy atom. The Kier molecular flexibility index (Phi) is 1.94. The minimum atomic E-state index is 0.00519. The first-order chi connectivity index (χ1) is 4.61. The van der Waals surface area contributed by atoms with Crippen molar-refractivity contribution in [2.75, 3.05) is 0 Å². The molecule has 0 amide bonds. The maximum absolute atomic E-state index is 11.0. The molecule has 2 nitrogen and oxygen atoms in total. The van der Waals surface area contributed by atoms with Gasteiger partial charge in [-0.3, -0.25) is 4.79 Å². The maximum Gasteiger partial charge on any atom is 0.264 e. The van der Waals surface area contributed by atoms with E-state index in [0.29, 0.717) is 4.47 Å². The van der Waals surface area contributed by atoms with Gasteiger partial charge in [0.2, 0.25) is 0 Å². The number of hydrogen-bond donors (Lipinski definition) is 0. The largest absolute Gasteiger partial charge is 0.317 e. The van der Waals surface area contributed by atoms with E-state index in [1.54, 1.807) is 17.8 Å². The van der Waals surface area contributed by atoms with E-state index in [0.717, 1.165) is 5.56 Å². The van der Waals surface area contributed by atoms with Crippen LogP contribution >= 0.6 is 15.9 Å². The van der Waals surface area contributed by atoms with Crippen molar-refractivity contribution in [1.82, 2.24) is 4.57 Å². The molecule has 0 unspecified atom stereocenters. The Morgan fingerprint density at radius 3 is 2.70 bits per heavy atom. The van der Waals surface area contributed by atoms with Crippen LogP contribution in [0.5, 0.6) is 0 Å². The zero-order chi connectivity index (χ0) is 7.72. The molecule has 3 heteroatoms. The Bertz CT molecular complexity index is 277. The van der Waals surface area contributed by atoms with Crippen LogP contribution in [-0.4, -0.2) is 4.57 Å². The zero-order valence-corrected chi connectivity index (χ0v) is 7.47. The Balaban J connectivity index is 3.46. The van der Waals surface area contributed by atoms with E-state index in [4.69, 9.17) is 0 Å². The van der Waals surface area contributed by atoms with E-state index in [1.807, 2.05) is 13.0 Å². The number of aromatic nitrogens is 1. The van der Waals surface area contributed by atoms with Gasteiger partial charge < -0.3 is 4.57 Å². The van der Waals surface area contributed by atoms with Gasteiger partial charge >= 0.3 is 0 Å². The molecular formula is C7H8BrNO. The lowest BCUT2D eigenvalue weighted by Crippen LogP contribution is -2.16. The SMILES string of the molecule is Cc1cc(Br)c(=O)n(C)c1. The van der Waals surface area contributed by atoms with Crippen molar-refractivity contribution in [2.24, 2.45) is 7.05 Å². The third kappa shape index (κ3) is 1.29. The van der Waals surface area contributed by atoms with Gasteiger partial charge in [-0.1, -0.05) is 0 Å². The first-order valence-corrected chi connectivity index (χ1v) is 3.73. The summed E-state index contributed by atoms with van der Waals surface area (Å²) in [4.78, 5) is 11.0. The lowest BCUT2D eigenvalue weighted by molar-refractivity contribution is 0.845. The number of aryl methyl sites for hydroxylation is 2. The molecule has 54 valence electrons. The molecule has 1 rings (SSSR count). The monoisotopic (exact) mass is 201 g/mol. The van der Waals surface area contributed by atoms with E-state index < -0.39 is 0 Å². The first kappa shape index (κ1) is 7.54. The number of rotatable bonds is 0. The number of hydrogen-bond acceptors (Lipinski definition) is 1. The van der Waals surface area contributed by atoms with Crippen molar-refractivity contribution >= 4 is 15.9 Å². The molecule has 0 radical (unpaired) electrons. The predicted octanol–water partition coefficient (Wildman–Crippen LogP) is 1.46. The fraction of sp³-hybridized carbons (Fsp3) is 0.286. The third-order valence-corrected chi connectivity index (χ3v) is 1.84. The lowest BCUT2D eigenvalue weighted by atomic mass is 10.3. The summed E-state index contributed by atoms with van der Waals surface area (Å²) in [5.41, 5.74) is 1.08. The molecule has 0 aromatic carbocycles. The second kappa shape index (κ2) is 2.58. The summed E-state index contributed by atoms with van der Waals surface area (Å²) in [7, 11) is 1.74. The van der Waals surface area contributed by atoms with Gasteiger partial charge in [0.25, 0.3) is 5.56 Å². The van der Waals surface area contributed by atoms with Crippen LogP contribution in [0.2, 0.25) is 0 Å². The van der Waals surface area contributed by atoms with E-state index in [1.165, 1.54) is 0 Å². The van der Waals surface area contributed by atoms with Crippen LogP contribution in [0, 0.1) is 6.92 Å². The molecule has 1 aromatic heterocycles. The summed E-state index contributed by atoms with van der Waals surface area (Å²) in [5, 5.41) is 0. The summed E-state index contributed by atoms with van der Waals surface area (Å²) >= 11 is 3.16. The highest BCUT2D eigenvalue weighted by atomic mass is 79.9. The smallest absolute Gasteiger partial charge is 0.264 e. The summed E-state index contributed by atoms with van der Waals surface area (Å²) < 4.78 is 2.18.